The molecular formula is C18H30N6O. The minimum atomic E-state index is -0.204. The van der Waals surface area contributed by atoms with E-state index in [0.717, 1.165) is 18.5 Å². The molecule has 1 fully saturated rings. The number of hydrogen-bond donors (Lipinski definition) is 2. The van der Waals surface area contributed by atoms with E-state index >= 15 is 0 Å². The number of rotatable bonds is 5. The van der Waals surface area contributed by atoms with Crippen molar-refractivity contribution in [3.8, 4) is 0 Å². The van der Waals surface area contributed by atoms with E-state index < -0.39 is 0 Å². The van der Waals surface area contributed by atoms with Crippen molar-refractivity contribution in [3.05, 3.63) is 35.9 Å². The highest BCUT2D eigenvalue weighted by molar-refractivity contribution is 5.95. The molecule has 2 rings (SSSR count). The Hall–Kier alpha value is -2.12. The normalized spacial score (nSPS) is 19.7. The number of likely N-dealkylation sites (N-methyl/N-ethyl adjacent to an activating group) is 1. The van der Waals surface area contributed by atoms with Crippen LogP contribution in [0.4, 0.5) is 4.79 Å². The van der Waals surface area contributed by atoms with Crippen LogP contribution in [-0.2, 0) is 0 Å². The van der Waals surface area contributed by atoms with Crippen molar-refractivity contribution >= 4 is 12.0 Å². The second-order valence-corrected chi connectivity index (χ2v) is 6.53. The van der Waals surface area contributed by atoms with Gasteiger partial charge in [0, 0.05) is 20.1 Å². The van der Waals surface area contributed by atoms with Crippen molar-refractivity contribution in [1.29, 1.82) is 0 Å². The summed E-state index contributed by atoms with van der Waals surface area (Å²) in [4.78, 5) is 20.9. The lowest BCUT2D eigenvalue weighted by Gasteiger charge is -2.31. The van der Waals surface area contributed by atoms with E-state index in [-0.39, 0.29) is 18.0 Å². The number of amides is 2. The maximum atomic E-state index is 12.7. The van der Waals surface area contributed by atoms with Crippen molar-refractivity contribution in [1.82, 2.24) is 20.2 Å². The molecule has 0 radical (unpaired) electrons. The van der Waals surface area contributed by atoms with E-state index in [1.54, 1.807) is 19.1 Å². The number of urea groups is 1. The number of carbonyl (C=O) groups is 1. The Balaban J connectivity index is 2.02. The average molecular weight is 346 g/mol. The predicted octanol–water partition coefficient (Wildman–Crippen LogP) is 1.64. The quantitative estimate of drug-likeness (QED) is 0.483. The lowest BCUT2D eigenvalue weighted by Crippen LogP contribution is -2.54. The van der Waals surface area contributed by atoms with Gasteiger partial charge in [-0.1, -0.05) is 30.3 Å². The van der Waals surface area contributed by atoms with E-state index in [9.17, 15) is 4.79 Å². The zero-order chi connectivity index (χ0) is 18.4. The lowest BCUT2D eigenvalue weighted by molar-refractivity contribution is 0.138. The molecule has 1 aliphatic heterocycles. The number of nitrogens with zero attached hydrogens (tertiary/aromatic N) is 4. The molecule has 1 saturated heterocycles. The summed E-state index contributed by atoms with van der Waals surface area (Å²) in [6.07, 6.45) is 2.27. The van der Waals surface area contributed by atoms with Gasteiger partial charge in [-0.2, -0.15) is 0 Å². The monoisotopic (exact) mass is 346 g/mol. The van der Waals surface area contributed by atoms with Gasteiger partial charge < -0.3 is 10.6 Å². The van der Waals surface area contributed by atoms with Gasteiger partial charge in [-0.15, -0.1) is 0 Å². The Kier molecular flexibility index (Phi) is 6.78. The van der Waals surface area contributed by atoms with E-state index in [1.807, 2.05) is 37.3 Å². The molecule has 25 heavy (non-hydrogen) atoms. The third kappa shape index (κ3) is 4.93. The molecule has 0 spiro atoms. The summed E-state index contributed by atoms with van der Waals surface area (Å²) in [5.74, 6) is 0.210. The molecule has 0 aliphatic carbocycles. The van der Waals surface area contributed by atoms with Crippen LogP contribution in [0.5, 0.6) is 0 Å². The van der Waals surface area contributed by atoms with Gasteiger partial charge >= 0.3 is 6.03 Å². The van der Waals surface area contributed by atoms with Gasteiger partial charge in [0.05, 0.1) is 12.6 Å². The molecule has 1 aromatic rings. The molecule has 0 bridgehead atoms. The second-order valence-electron chi connectivity index (χ2n) is 6.53. The van der Waals surface area contributed by atoms with Crippen molar-refractivity contribution in [3.63, 3.8) is 0 Å². The molecule has 0 saturated carbocycles. The summed E-state index contributed by atoms with van der Waals surface area (Å²) in [7, 11) is 5.50. The minimum Gasteiger partial charge on any atom is -0.369 e. The fourth-order valence-electron chi connectivity index (χ4n) is 3.06. The van der Waals surface area contributed by atoms with Crippen LogP contribution in [0.25, 0.3) is 0 Å². The molecule has 7 nitrogen and oxygen atoms in total. The first kappa shape index (κ1) is 19.2. The summed E-state index contributed by atoms with van der Waals surface area (Å²) < 4.78 is 0. The largest absolute Gasteiger partial charge is 0.369 e. The molecule has 1 aromatic carbocycles. The average Bonchev–Trinajstić information content (AvgIpc) is 3.03. The fourth-order valence-corrected chi connectivity index (χ4v) is 3.06. The molecule has 1 heterocycles. The van der Waals surface area contributed by atoms with E-state index in [4.69, 9.17) is 5.73 Å². The predicted molar refractivity (Wildman–Crippen MR) is 101 cm³/mol. The van der Waals surface area contributed by atoms with Gasteiger partial charge in [-0.25, -0.2) is 15.2 Å². The molecule has 138 valence electrons. The molecule has 3 N–H and O–H groups in total. The molecule has 7 heteroatoms. The molecule has 0 aromatic heterocycles. The first-order chi connectivity index (χ1) is 11.9. The lowest BCUT2D eigenvalue weighted by atomic mass is 10.1. The Morgan fingerprint density at radius 1 is 1.44 bits per heavy atom. The number of hydrogen-bond acceptors (Lipinski definition) is 4. The van der Waals surface area contributed by atoms with Gasteiger partial charge in [0.15, 0.2) is 5.96 Å². The Bertz CT molecular complexity index is 590. The standard InChI is InChI=1S/C18H30N6O/c1-14(15-9-6-5-7-10-15)21-17(19)23(4)18(25)24(20-2)13-16-11-8-12-22(16)3/h5-7,9-10,14,16,20H,8,11-13H2,1-4H3,(H2,19,21). The molecular weight excluding hydrogens is 316 g/mol. The summed E-state index contributed by atoms with van der Waals surface area (Å²) in [5.41, 5.74) is 10.1. The Labute approximate surface area is 150 Å². The fraction of sp³-hybridized carbons (Fsp3) is 0.556. The van der Waals surface area contributed by atoms with Crippen LogP contribution in [0.3, 0.4) is 0 Å². The van der Waals surface area contributed by atoms with Gasteiger partial charge in [0.2, 0.25) is 0 Å². The highest BCUT2D eigenvalue weighted by Crippen LogP contribution is 2.17. The SMILES string of the molecule is CNN(CC1CCCN1C)C(=O)N(C)/C(N)=N\C(C)c1ccccc1. The number of carbonyl (C=O) groups excluding carboxylic acids is 1. The molecule has 2 unspecified atom stereocenters. The van der Waals surface area contributed by atoms with E-state index in [1.165, 1.54) is 11.3 Å². The second kappa shape index (κ2) is 8.82. The van der Waals surface area contributed by atoms with Crippen LogP contribution in [0.2, 0.25) is 0 Å². The highest BCUT2D eigenvalue weighted by Gasteiger charge is 2.27. The zero-order valence-electron chi connectivity index (χ0n) is 15.6. The minimum absolute atomic E-state index is 0.111. The van der Waals surface area contributed by atoms with E-state index in [0.29, 0.717) is 12.6 Å². The third-order valence-corrected chi connectivity index (χ3v) is 4.80. The molecule has 2 atom stereocenters. The third-order valence-electron chi connectivity index (χ3n) is 4.80. The van der Waals surface area contributed by atoms with Gasteiger partial charge in [0.25, 0.3) is 0 Å². The van der Waals surface area contributed by atoms with E-state index in [2.05, 4.69) is 22.4 Å². The topological polar surface area (TPSA) is 77.2 Å². The van der Waals surface area contributed by atoms with Crippen molar-refractivity contribution in [2.75, 3.05) is 34.2 Å². The highest BCUT2D eigenvalue weighted by atomic mass is 16.2. The zero-order valence-corrected chi connectivity index (χ0v) is 15.6. The van der Waals surface area contributed by atoms with Gasteiger partial charge in [-0.3, -0.25) is 9.91 Å². The summed E-state index contributed by atoms with van der Waals surface area (Å²) in [6, 6.07) is 9.94. The Morgan fingerprint density at radius 3 is 2.68 bits per heavy atom. The Morgan fingerprint density at radius 2 is 2.12 bits per heavy atom. The smallest absolute Gasteiger partial charge is 0.340 e. The maximum absolute atomic E-state index is 12.7. The van der Waals surface area contributed by atoms with Gasteiger partial charge in [0.1, 0.15) is 0 Å². The van der Waals surface area contributed by atoms with Crippen LogP contribution < -0.4 is 11.2 Å². The van der Waals surface area contributed by atoms with Crippen LogP contribution >= 0.6 is 0 Å². The number of likely N-dealkylation sites (tertiary alicyclic amines) is 1. The number of nitrogens with one attached hydrogen (secondary N) is 1. The molecule has 2 amide bonds. The number of hydrazine groups is 1. The first-order valence-corrected chi connectivity index (χ1v) is 8.75. The summed E-state index contributed by atoms with van der Waals surface area (Å²) >= 11 is 0. The number of aliphatic imine (C=N–C) groups is 1. The number of benzene rings is 1. The maximum Gasteiger partial charge on any atom is 0.340 e. The van der Waals surface area contributed by atoms with Crippen LogP contribution in [0.1, 0.15) is 31.4 Å². The number of guanidine groups is 1. The first-order valence-electron chi connectivity index (χ1n) is 8.75. The number of nitrogens with two attached hydrogens (primary N) is 1. The van der Waals surface area contributed by atoms with Crippen molar-refractivity contribution in [2.24, 2.45) is 10.7 Å². The summed E-state index contributed by atoms with van der Waals surface area (Å²) in [5, 5.41) is 1.60. The van der Waals surface area contributed by atoms with Gasteiger partial charge in [-0.05, 0) is 38.9 Å². The van der Waals surface area contributed by atoms with Crippen LogP contribution in [0.15, 0.2) is 35.3 Å². The van der Waals surface area contributed by atoms with Crippen LogP contribution in [-0.4, -0.2) is 67.1 Å². The molecule has 1 aliphatic rings. The van der Waals surface area contributed by atoms with Crippen molar-refractivity contribution < 1.29 is 4.79 Å². The summed E-state index contributed by atoms with van der Waals surface area (Å²) in [6.45, 7) is 3.66. The van der Waals surface area contributed by atoms with Crippen molar-refractivity contribution in [2.45, 2.75) is 31.8 Å². The van der Waals surface area contributed by atoms with Crippen LogP contribution in [0, 0.1) is 0 Å².